The largest absolute Gasteiger partial charge is 0.534 e. The molecule has 1 saturated heterocycles. The Morgan fingerprint density at radius 1 is 0.977 bits per heavy atom. The molecule has 4 rings (SSSR count). The van der Waals surface area contributed by atoms with E-state index in [0.717, 1.165) is 46.9 Å². The molecule has 1 amide bonds. The zero-order valence-corrected chi connectivity index (χ0v) is 24.3. The summed E-state index contributed by atoms with van der Waals surface area (Å²) in [5.41, 5.74) is -5.59. The number of nitrogens with one attached hydrogen (secondary N) is 1. The van der Waals surface area contributed by atoms with Crippen LogP contribution in [0.15, 0.2) is 72.8 Å². The number of nitrogens with zero attached hydrogens (tertiary/aromatic N) is 1. The summed E-state index contributed by atoms with van der Waals surface area (Å²) in [4.78, 5) is 14.0. The molecule has 44 heavy (non-hydrogen) atoms. The maximum atomic E-state index is 13.2. The quantitative estimate of drug-likeness (QED) is 0.0846. The number of halogens is 6. The Bertz CT molecular complexity index is 1610. The van der Waals surface area contributed by atoms with Crippen molar-refractivity contribution in [1.82, 2.24) is 4.90 Å². The van der Waals surface area contributed by atoms with Crippen LogP contribution in [-0.4, -0.2) is 43.4 Å². The van der Waals surface area contributed by atoms with Crippen molar-refractivity contribution in [2.45, 2.75) is 50.3 Å². The first-order valence-corrected chi connectivity index (χ1v) is 14.8. The number of carbonyl (C=O) groups is 1. The van der Waals surface area contributed by atoms with Crippen LogP contribution in [0.25, 0.3) is 11.1 Å². The van der Waals surface area contributed by atoms with Gasteiger partial charge in [0.15, 0.2) is 0 Å². The second kappa shape index (κ2) is 12.5. The summed E-state index contributed by atoms with van der Waals surface area (Å²) in [6, 6.07) is 15.7. The van der Waals surface area contributed by atoms with E-state index in [9.17, 15) is 39.6 Å². The topological polar surface area (TPSA) is 96.8 Å². The fourth-order valence-corrected chi connectivity index (χ4v) is 5.34. The maximum Gasteiger partial charge on any atom is 0.534 e. The lowest BCUT2D eigenvalue weighted by Crippen LogP contribution is -2.42. The SMILES string of the molecule is CC(C)C[C@@H](C(=N)N1C(=O)OC[C@H]1Cc1ccccc1)c1cc(OS(=O)(=O)C(F)(F)F)cc(-c2ccc(C(F)(F)F)cc2)c1. The smallest absolute Gasteiger partial charge is 0.447 e. The number of amides is 1. The van der Waals surface area contributed by atoms with Crippen molar-refractivity contribution >= 4 is 22.0 Å². The summed E-state index contributed by atoms with van der Waals surface area (Å²) in [6.45, 7) is 3.61. The lowest BCUT2D eigenvalue weighted by atomic mass is 9.86. The molecule has 3 aromatic carbocycles. The number of hydrogen-bond donors (Lipinski definition) is 1. The average molecular weight is 643 g/mol. The highest BCUT2D eigenvalue weighted by Gasteiger charge is 2.49. The van der Waals surface area contributed by atoms with Crippen LogP contribution in [-0.2, 0) is 27.5 Å². The number of carbonyl (C=O) groups excluding carboxylic acids is 1. The second-order valence-corrected chi connectivity index (χ2v) is 12.2. The van der Waals surface area contributed by atoms with E-state index >= 15 is 0 Å². The number of alkyl halides is 6. The number of rotatable bonds is 9. The van der Waals surface area contributed by atoms with E-state index in [1.807, 2.05) is 44.2 Å². The summed E-state index contributed by atoms with van der Waals surface area (Å²) in [7, 11) is -6.12. The highest BCUT2D eigenvalue weighted by Crippen LogP contribution is 2.38. The van der Waals surface area contributed by atoms with Gasteiger partial charge in [-0.15, -0.1) is 0 Å². The van der Waals surface area contributed by atoms with Gasteiger partial charge in [-0.25, -0.2) is 4.79 Å². The van der Waals surface area contributed by atoms with Gasteiger partial charge in [0, 0.05) is 5.92 Å². The molecule has 1 aliphatic heterocycles. The molecular weight excluding hydrogens is 614 g/mol. The molecule has 1 N–H and O–H groups in total. The Labute approximate surface area is 250 Å². The standard InChI is InChI=1S/C30H28F6N2O5S/c1-18(2)12-26(27(37)38-24(17-42-28(38)39)13-19-6-4-3-5-7-19)22-14-21(20-8-10-23(11-9-20)29(31,32)33)15-25(16-22)43-44(40,41)30(34,35)36/h3-11,14-16,18,24,26,37H,12-13,17H2,1-2H3/t24-,26-/m1/s1. The monoisotopic (exact) mass is 642 g/mol. The van der Waals surface area contributed by atoms with Crippen molar-refractivity contribution in [1.29, 1.82) is 5.41 Å². The molecule has 0 bridgehead atoms. The van der Waals surface area contributed by atoms with Crippen LogP contribution >= 0.6 is 0 Å². The lowest BCUT2D eigenvalue weighted by molar-refractivity contribution is -0.137. The number of amidine groups is 1. The Kier molecular flexibility index (Phi) is 9.33. The summed E-state index contributed by atoms with van der Waals surface area (Å²) in [6.07, 6.45) is -4.90. The van der Waals surface area contributed by atoms with Crippen LogP contribution in [0, 0.1) is 11.3 Å². The second-order valence-electron chi connectivity index (χ2n) is 10.7. The highest BCUT2D eigenvalue weighted by molar-refractivity contribution is 7.88. The van der Waals surface area contributed by atoms with Crippen molar-refractivity contribution in [3.8, 4) is 16.9 Å². The van der Waals surface area contributed by atoms with Gasteiger partial charge >= 0.3 is 27.9 Å². The van der Waals surface area contributed by atoms with Crippen LogP contribution < -0.4 is 4.18 Å². The van der Waals surface area contributed by atoms with Crippen LogP contribution in [0.5, 0.6) is 5.75 Å². The zero-order valence-electron chi connectivity index (χ0n) is 23.4. The average Bonchev–Trinajstić information content (AvgIpc) is 3.29. The molecule has 0 aliphatic carbocycles. The normalized spacial score (nSPS) is 16.6. The summed E-state index contributed by atoms with van der Waals surface area (Å²) in [5, 5.41) is 9.08. The molecule has 0 unspecified atom stereocenters. The molecule has 1 aliphatic rings. The predicted octanol–water partition coefficient (Wildman–Crippen LogP) is 7.77. The Hall–Kier alpha value is -4.07. The predicted molar refractivity (Wildman–Crippen MR) is 150 cm³/mol. The molecule has 0 saturated carbocycles. The fourth-order valence-electron chi connectivity index (χ4n) is 4.90. The van der Waals surface area contributed by atoms with Crippen LogP contribution in [0.2, 0.25) is 0 Å². The van der Waals surface area contributed by atoms with E-state index in [0.29, 0.717) is 6.42 Å². The maximum absolute atomic E-state index is 13.2. The Morgan fingerprint density at radius 3 is 2.18 bits per heavy atom. The number of ether oxygens (including phenoxy) is 1. The van der Waals surface area contributed by atoms with Gasteiger partial charge in [0.2, 0.25) is 0 Å². The van der Waals surface area contributed by atoms with E-state index < -0.39 is 51.2 Å². The van der Waals surface area contributed by atoms with Gasteiger partial charge in [-0.1, -0.05) is 62.4 Å². The third kappa shape index (κ3) is 7.52. The van der Waals surface area contributed by atoms with Crippen molar-refractivity contribution in [3.05, 3.63) is 89.5 Å². The first kappa shape index (κ1) is 32.8. The van der Waals surface area contributed by atoms with E-state index in [2.05, 4.69) is 4.18 Å². The van der Waals surface area contributed by atoms with Gasteiger partial charge in [-0.05, 0) is 65.3 Å². The molecule has 3 aromatic rings. The van der Waals surface area contributed by atoms with Crippen molar-refractivity contribution in [3.63, 3.8) is 0 Å². The Balaban J connectivity index is 1.80. The third-order valence-corrected chi connectivity index (χ3v) is 7.92. The summed E-state index contributed by atoms with van der Waals surface area (Å²) < 4.78 is 113. The van der Waals surface area contributed by atoms with Gasteiger partial charge in [0.1, 0.15) is 18.2 Å². The van der Waals surface area contributed by atoms with Gasteiger partial charge < -0.3 is 8.92 Å². The molecule has 236 valence electrons. The van der Waals surface area contributed by atoms with Gasteiger partial charge in [0.05, 0.1) is 11.6 Å². The van der Waals surface area contributed by atoms with Crippen molar-refractivity contribution in [2.24, 2.45) is 5.92 Å². The minimum Gasteiger partial charge on any atom is -0.447 e. The number of benzene rings is 3. The number of hydrogen-bond acceptors (Lipinski definition) is 6. The summed E-state index contributed by atoms with van der Waals surface area (Å²) >= 11 is 0. The molecule has 0 spiro atoms. The van der Waals surface area contributed by atoms with Gasteiger partial charge in [0.25, 0.3) is 0 Å². The molecule has 7 nitrogen and oxygen atoms in total. The molecule has 2 atom stereocenters. The van der Waals surface area contributed by atoms with E-state index in [-0.39, 0.29) is 41.5 Å². The lowest BCUT2D eigenvalue weighted by Gasteiger charge is -2.29. The number of cyclic esters (lactones) is 1. The van der Waals surface area contributed by atoms with Crippen LogP contribution in [0.1, 0.15) is 42.9 Å². The van der Waals surface area contributed by atoms with E-state index in [1.54, 1.807) is 0 Å². The minimum absolute atomic E-state index is 0.0196. The van der Waals surface area contributed by atoms with E-state index in [4.69, 9.17) is 10.1 Å². The van der Waals surface area contributed by atoms with Crippen molar-refractivity contribution < 1.29 is 48.5 Å². The Morgan fingerprint density at radius 2 is 1.61 bits per heavy atom. The van der Waals surface area contributed by atoms with Crippen molar-refractivity contribution in [2.75, 3.05) is 6.61 Å². The zero-order chi connectivity index (χ0) is 32.4. The first-order chi connectivity index (χ1) is 20.5. The highest BCUT2D eigenvalue weighted by atomic mass is 32.2. The van der Waals surface area contributed by atoms with Gasteiger partial charge in [-0.3, -0.25) is 10.3 Å². The fraction of sp³-hybridized carbons (Fsp3) is 0.333. The molecule has 0 radical (unpaired) electrons. The molecule has 14 heteroatoms. The molecule has 1 heterocycles. The molecular formula is C30H28F6N2O5S. The molecule has 1 fully saturated rings. The van der Waals surface area contributed by atoms with Crippen LogP contribution in [0.3, 0.4) is 0 Å². The third-order valence-electron chi connectivity index (χ3n) is 6.94. The summed E-state index contributed by atoms with van der Waals surface area (Å²) in [5.74, 6) is -2.09. The van der Waals surface area contributed by atoms with Crippen LogP contribution in [0.4, 0.5) is 31.1 Å². The molecule has 0 aromatic heterocycles. The van der Waals surface area contributed by atoms with Gasteiger partial charge in [-0.2, -0.15) is 34.8 Å². The minimum atomic E-state index is -6.12. The first-order valence-electron chi connectivity index (χ1n) is 13.4. The van der Waals surface area contributed by atoms with E-state index in [1.165, 1.54) is 6.07 Å².